The van der Waals surface area contributed by atoms with E-state index < -0.39 is 34.4 Å². The molecule has 7 heteroatoms. The predicted molar refractivity (Wildman–Crippen MR) is 65.9 cm³/mol. The summed E-state index contributed by atoms with van der Waals surface area (Å²) < 4.78 is 55.1. The highest BCUT2D eigenvalue weighted by atomic mass is 19.2. The van der Waals surface area contributed by atoms with Crippen molar-refractivity contribution in [2.45, 2.75) is 0 Å². The number of halogens is 4. The van der Waals surface area contributed by atoms with Gasteiger partial charge in [0.1, 0.15) is 11.6 Å². The fourth-order valence-electron chi connectivity index (χ4n) is 1.88. The fourth-order valence-corrected chi connectivity index (χ4v) is 1.88. The Bertz CT molecular complexity index is 853. The second kappa shape index (κ2) is 5.55. The first-order chi connectivity index (χ1) is 10.4. The molecule has 0 saturated heterocycles. The Morgan fingerprint density at radius 3 is 1.45 bits per heavy atom. The van der Waals surface area contributed by atoms with Gasteiger partial charge >= 0.3 is 0 Å². The highest BCUT2D eigenvalue weighted by molar-refractivity contribution is 5.70. The highest BCUT2D eigenvalue weighted by Gasteiger charge is 2.26. The second-order valence-electron chi connectivity index (χ2n) is 4.14. The molecular weight excluding hydrogens is 298 g/mol. The van der Waals surface area contributed by atoms with Crippen molar-refractivity contribution in [2.75, 3.05) is 0 Å². The van der Waals surface area contributed by atoms with E-state index in [0.717, 1.165) is 24.3 Å². The summed E-state index contributed by atoms with van der Waals surface area (Å²) in [6, 6.07) is 7.48. The Labute approximate surface area is 121 Å². The maximum atomic E-state index is 13.9. The minimum atomic E-state index is -1.84. The molecule has 0 bridgehead atoms. The van der Waals surface area contributed by atoms with Gasteiger partial charge in [-0.3, -0.25) is 0 Å². The van der Waals surface area contributed by atoms with E-state index in [9.17, 15) is 17.6 Å². The summed E-state index contributed by atoms with van der Waals surface area (Å²) in [6.07, 6.45) is 0. The number of hydrogen-bond acceptors (Lipinski definition) is 3. The van der Waals surface area contributed by atoms with Crippen LogP contribution in [0.1, 0.15) is 16.7 Å². The summed E-state index contributed by atoms with van der Waals surface area (Å²) in [5, 5.41) is 26.2. The van der Waals surface area contributed by atoms with Crippen LogP contribution in [0.4, 0.5) is 17.6 Å². The molecule has 2 rings (SSSR count). The van der Waals surface area contributed by atoms with E-state index in [-0.39, 0.29) is 16.7 Å². The number of rotatable bonds is 1. The topological polar surface area (TPSA) is 71.4 Å². The zero-order chi connectivity index (χ0) is 16.4. The van der Waals surface area contributed by atoms with E-state index in [1.54, 1.807) is 12.1 Å². The minimum Gasteiger partial charge on any atom is -0.203 e. The van der Waals surface area contributed by atoms with Gasteiger partial charge in [0.15, 0.2) is 23.3 Å². The van der Waals surface area contributed by atoms with Crippen molar-refractivity contribution in [3.05, 3.63) is 58.2 Å². The molecular formula is C15H3F4N3. The van der Waals surface area contributed by atoms with Crippen LogP contribution in [0, 0.1) is 57.3 Å². The molecule has 0 N–H and O–H groups in total. The predicted octanol–water partition coefficient (Wildman–Crippen LogP) is 3.53. The van der Waals surface area contributed by atoms with Crippen LogP contribution < -0.4 is 0 Å². The first-order valence-electron chi connectivity index (χ1n) is 5.66. The lowest BCUT2D eigenvalue weighted by atomic mass is 9.97. The lowest BCUT2D eigenvalue weighted by Gasteiger charge is -2.09. The Kier molecular flexibility index (Phi) is 3.79. The quantitative estimate of drug-likeness (QED) is 0.597. The molecule has 0 heterocycles. The van der Waals surface area contributed by atoms with E-state index in [1.807, 2.05) is 0 Å². The third-order valence-corrected chi connectivity index (χ3v) is 2.86. The van der Waals surface area contributed by atoms with E-state index in [2.05, 4.69) is 0 Å². The molecule has 22 heavy (non-hydrogen) atoms. The zero-order valence-electron chi connectivity index (χ0n) is 10.6. The monoisotopic (exact) mass is 301 g/mol. The van der Waals surface area contributed by atoms with Gasteiger partial charge in [-0.1, -0.05) is 0 Å². The van der Waals surface area contributed by atoms with Gasteiger partial charge in [-0.2, -0.15) is 15.8 Å². The summed E-state index contributed by atoms with van der Waals surface area (Å²) >= 11 is 0. The average molecular weight is 301 g/mol. The van der Waals surface area contributed by atoms with Crippen molar-refractivity contribution < 1.29 is 17.6 Å². The number of nitrogens with zero attached hydrogens (tertiary/aromatic N) is 3. The molecule has 0 aromatic heterocycles. The maximum Gasteiger partial charge on any atom is 0.180 e. The fraction of sp³-hybridized carbons (Fsp3) is 0. The molecule has 106 valence electrons. The lowest BCUT2D eigenvalue weighted by molar-refractivity contribution is 0.454. The minimum absolute atomic E-state index is 0.113. The zero-order valence-corrected chi connectivity index (χ0v) is 10.6. The maximum absolute atomic E-state index is 13.9. The SMILES string of the molecule is N#Cc1cc(C#N)cc(-c2c(F)c(F)c(C#N)c(F)c2F)c1. The van der Waals surface area contributed by atoms with Crippen LogP contribution in [-0.4, -0.2) is 0 Å². The van der Waals surface area contributed by atoms with E-state index in [1.165, 1.54) is 0 Å². The summed E-state index contributed by atoms with van der Waals surface area (Å²) in [7, 11) is 0. The van der Waals surface area contributed by atoms with Crippen molar-refractivity contribution in [1.29, 1.82) is 15.8 Å². The molecule has 0 atom stereocenters. The normalized spacial score (nSPS) is 9.68. The van der Waals surface area contributed by atoms with Crippen LogP contribution >= 0.6 is 0 Å². The number of nitriles is 3. The van der Waals surface area contributed by atoms with Gasteiger partial charge in [-0.15, -0.1) is 0 Å². The third kappa shape index (κ3) is 2.24. The summed E-state index contributed by atoms with van der Waals surface area (Å²) in [5.41, 5.74) is -3.07. The largest absolute Gasteiger partial charge is 0.203 e. The van der Waals surface area contributed by atoms with Crippen LogP contribution in [0.5, 0.6) is 0 Å². The van der Waals surface area contributed by atoms with Gasteiger partial charge < -0.3 is 0 Å². The molecule has 0 spiro atoms. The number of benzene rings is 2. The van der Waals surface area contributed by atoms with Crippen LogP contribution in [-0.2, 0) is 0 Å². The smallest absolute Gasteiger partial charge is 0.180 e. The molecule has 3 nitrogen and oxygen atoms in total. The van der Waals surface area contributed by atoms with Crippen molar-refractivity contribution in [2.24, 2.45) is 0 Å². The molecule has 2 aromatic rings. The summed E-state index contributed by atoms with van der Waals surface area (Å²) in [5.74, 6) is -7.21. The molecule has 0 aliphatic rings. The third-order valence-electron chi connectivity index (χ3n) is 2.86. The Morgan fingerprint density at radius 1 is 0.636 bits per heavy atom. The highest BCUT2D eigenvalue weighted by Crippen LogP contribution is 2.32. The second-order valence-corrected chi connectivity index (χ2v) is 4.14. The summed E-state index contributed by atoms with van der Waals surface area (Å²) in [4.78, 5) is 0. The van der Waals surface area contributed by atoms with Gasteiger partial charge in [0.2, 0.25) is 0 Å². The Hall–Kier alpha value is -3.37. The van der Waals surface area contributed by atoms with Gasteiger partial charge in [0, 0.05) is 0 Å². The molecule has 0 aliphatic carbocycles. The van der Waals surface area contributed by atoms with Crippen molar-refractivity contribution in [3.8, 4) is 29.3 Å². The molecule has 0 unspecified atom stereocenters. The van der Waals surface area contributed by atoms with Crippen LogP contribution in [0.25, 0.3) is 11.1 Å². The van der Waals surface area contributed by atoms with Gasteiger partial charge in [0.25, 0.3) is 0 Å². The standard InChI is InChI=1S/C15H3F4N3/c16-12-10(6-22)13(17)15(19)11(14(12)18)9-2-7(4-20)1-8(3-9)5-21/h1-3H. The molecule has 0 fully saturated rings. The van der Waals surface area contributed by atoms with E-state index >= 15 is 0 Å². The Morgan fingerprint density at radius 2 is 1.09 bits per heavy atom. The van der Waals surface area contributed by atoms with E-state index in [4.69, 9.17) is 15.8 Å². The summed E-state index contributed by atoms with van der Waals surface area (Å²) in [6.45, 7) is 0. The van der Waals surface area contributed by atoms with Crippen molar-refractivity contribution >= 4 is 0 Å². The molecule has 2 aromatic carbocycles. The van der Waals surface area contributed by atoms with Crippen LogP contribution in [0.2, 0.25) is 0 Å². The lowest BCUT2D eigenvalue weighted by Crippen LogP contribution is -2.04. The molecule has 0 saturated carbocycles. The molecule has 0 aliphatic heterocycles. The first kappa shape index (κ1) is 15.0. The van der Waals surface area contributed by atoms with Gasteiger partial charge in [-0.25, -0.2) is 17.6 Å². The molecule has 0 amide bonds. The number of hydrogen-bond donors (Lipinski definition) is 0. The molecule has 0 radical (unpaired) electrons. The van der Waals surface area contributed by atoms with Crippen LogP contribution in [0.15, 0.2) is 18.2 Å². The first-order valence-corrected chi connectivity index (χ1v) is 5.66. The average Bonchev–Trinajstić information content (AvgIpc) is 2.53. The van der Waals surface area contributed by atoms with Gasteiger partial charge in [0.05, 0.1) is 28.8 Å². The van der Waals surface area contributed by atoms with E-state index in [0.29, 0.717) is 0 Å². The van der Waals surface area contributed by atoms with Crippen molar-refractivity contribution in [3.63, 3.8) is 0 Å². The van der Waals surface area contributed by atoms with Crippen molar-refractivity contribution in [1.82, 2.24) is 0 Å². The van der Waals surface area contributed by atoms with Crippen LogP contribution in [0.3, 0.4) is 0 Å². The Balaban J connectivity index is 2.89. The van der Waals surface area contributed by atoms with Gasteiger partial charge in [-0.05, 0) is 23.8 Å².